The molecule has 1 heterocycles. The van der Waals surface area contributed by atoms with E-state index in [1.165, 1.54) is 5.56 Å². The van der Waals surface area contributed by atoms with Crippen LogP contribution in [-0.4, -0.2) is 31.6 Å². The quantitative estimate of drug-likeness (QED) is 0.452. The maximum atomic E-state index is 5.75. The van der Waals surface area contributed by atoms with Crippen molar-refractivity contribution in [2.24, 2.45) is 4.99 Å². The molecular weight excluding hydrogens is 364 g/mol. The zero-order chi connectivity index (χ0) is 20.3. The number of hydrogen-bond acceptors (Lipinski definition) is 4. The topological polar surface area (TPSA) is 67.8 Å². The summed E-state index contributed by atoms with van der Waals surface area (Å²) in [6.45, 7) is 1.44. The van der Waals surface area contributed by atoms with Gasteiger partial charge < -0.3 is 20.1 Å². The van der Waals surface area contributed by atoms with Crippen LogP contribution in [0.2, 0.25) is 0 Å². The van der Waals surface area contributed by atoms with Crippen molar-refractivity contribution in [2.75, 3.05) is 20.7 Å². The summed E-state index contributed by atoms with van der Waals surface area (Å²) in [6, 6.07) is 21.6. The number of rotatable bonds is 8. The Balaban J connectivity index is 1.44. The molecule has 2 aromatic carbocycles. The fourth-order valence-corrected chi connectivity index (χ4v) is 2.72. The lowest BCUT2D eigenvalue weighted by molar-refractivity contribution is 0.412. The molecule has 3 aromatic rings. The predicted molar refractivity (Wildman–Crippen MR) is 116 cm³/mol. The molecule has 3 rings (SSSR count). The first-order valence-corrected chi connectivity index (χ1v) is 9.52. The van der Waals surface area contributed by atoms with Crippen LogP contribution in [0, 0.1) is 0 Å². The molecule has 6 heteroatoms. The zero-order valence-corrected chi connectivity index (χ0v) is 16.8. The van der Waals surface area contributed by atoms with Crippen LogP contribution in [0.5, 0.6) is 17.4 Å². The first kappa shape index (κ1) is 20.2. The Kier molecular flexibility index (Phi) is 7.46. The van der Waals surface area contributed by atoms with Crippen LogP contribution in [0.1, 0.15) is 11.1 Å². The Bertz CT molecular complexity index is 894. The number of nitrogens with one attached hydrogen (secondary N) is 2. The molecule has 0 saturated heterocycles. The fourth-order valence-electron chi connectivity index (χ4n) is 2.72. The summed E-state index contributed by atoms with van der Waals surface area (Å²) >= 11 is 0. The van der Waals surface area contributed by atoms with Gasteiger partial charge in [0.15, 0.2) is 5.96 Å². The smallest absolute Gasteiger partial charge is 0.219 e. The molecule has 0 fully saturated rings. The highest BCUT2D eigenvalue weighted by molar-refractivity contribution is 5.79. The molecule has 1 aromatic heterocycles. The van der Waals surface area contributed by atoms with Crippen molar-refractivity contribution in [3.63, 3.8) is 0 Å². The number of nitrogens with zero attached hydrogens (tertiary/aromatic N) is 2. The first-order valence-electron chi connectivity index (χ1n) is 9.52. The third-order valence-electron chi connectivity index (χ3n) is 4.31. The van der Waals surface area contributed by atoms with Crippen LogP contribution in [0.4, 0.5) is 0 Å². The summed E-state index contributed by atoms with van der Waals surface area (Å²) in [4.78, 5) is 8.63. The molecule has 0 aliphatic carbocycles. The average Bonchev–Trinajstić information content (AvgIpc) is 2.78. The van der Waals surface area contributed by atoms with E-state index in [-0.39, 0.29) is 0 Å². The molecule has 0 atom stereocenters. The van der Waals surface area contributed by atoms with Crippen molar-refractivity contribution < 1.29 is 9.47 Å². The Morgan fingerprint density at radius 3 is 2.31 bits per heavy atom. The summed E-state index contributed by atoms with van der Waals surface area (Å²) < 4.78 is 10.9. The molecule has 0 aliphatic rings. The van der Waals surface area contributed by atoms with Gasteiger partial charge in [0.05, 0.1) is 7.11 Å². The minimum Gasteiger partial charge on any atom is -0.497 e. The molecular formula is C23H26N4O2. The van der Waals surface area contributed by atoms with Gasteiger partial charge in [0, 0.05) is 32.4 Å². The Morgan fingerprint density at radius 2 is 1.66 bits per heavy atom. The minimum absolute atomic E-state index is 0.546. The van der Waals surface area contributed by atoms with Crippen molar-refractivity contribution in [3.8, 4) is 17.4 Å². The van der Waals surface area contributed by atoms with E-state index in [9.17, 15) is 0 Å². The van der Waals surface area contributed by atoms with Gasteiger partial charge >= 0.3 is 0 Å². The molecule has 0 radical (unpaired) electrons. The van der Waals surface area contributed by atoms with Crippen LogP contribution in [-0.2, 0) is 13.0 Å². The molecule has 2 N–H and O–H groups in total. The van der Waals surface area contributed by atoms with Crippen molar-refractivity contribution in [2.45, 2.75) is 13.0 Å². The fraction of sp³-hybridized carbons (Fsp3) is 0.217. The van der Waals surface area contributed by atoms with Gasteiger partial charge in [0.2, 0.25) is 5.88 Å². The predicted octanol–water partition coefficient (Wildman–Crippen LogP) is 3.79. The SMILES string of the molecule is CN=C(NCCc1ccccc1)NCc1ccc(Oc2ccc(OC)cc2)nc1. The summed E-state index contributed by atoms with van der Waals surface area (Å²) in [5.74, 6) is 2.81. The monoisotopic (exact) mass is 390 g/mol. The highest BCUT2D eigenvalue weighted by Gasteiger charge is 2.02. The number of benzene rings is 2. The van der Waals surface area contributed by atoms with E-state index in [0.29, 0.717) is 18.2 Å². The normalized spacial score (nSPS) is 11.0. The molecule has 150 valence electrons. The minimum atomic E-state index is 0.546. The standard InChI is InChI=1S/C23H26N4O2/c1-24-23(25-15-14-18-6-4-3-5-7-18)27-17-19-8-13-22(26-16-19)29-21-11-9-20(28-2)10-12-21/h3-13,16H,14-15,17H2,1-2H3,(H2,24,25,27). The van der Waals surface area contributed by atoms with Gasteiger partial charge in [-0.3, -0.25) is 4.99 Å². The number of pyridine rings is 1. The summed E-state index contributed by atoms with van der Waals surface area (Å²) in [6.07, 6.45) is 2.74. The van der Waals surface area contributed by atoms with E-state index in [0.717, 1.165) is 30.2 Å². The highest BCUT2D eigenvalue weighted by Crippen LogP contribution is 2.22. The number of methoxy groups -OCH3 is 1. The first-order chi connectivity index (χ1) is 14.3. The third kappa shape index (κ3) is 6.53. The van der Waals surface area contributed by atoms with Crippen LogP contribution >= 0.6 is 0 Å². The molecule has 0 amide bonds. The van der Waals surface area contributed by atoms with E-state index >= 15 is 0 Å². The van der Waals surface area contributed by atoms with Crippen molar-refractivity contribution in [3.05, 3.63) is 84.1 Å². The second-order valence-corrected chi connectivity index (χ2v) is 6.37. The third-order valence-corrected chi connectivity index (χ3v) is 4.31. The number of ether oxygens (including phenoxy) is 2. The van der Waals surface area contributed by atoms with E-state index in [1.54, 1.807) is 20.4 Å². The number of hydrogen-bond donors (Lipinski definition) is 2. The maximum Gasteiger partial charge on any atom is 0.219 e. The summed E-state index contributed by atoms with van der Waals surface area (Å²) in [7, 11) is 3.40. The molecule has 0 bridgehead atoms. The number of guanidine groups is 1. The van der Waals surface area contributed by atoms with Crippen LogP contribution in [0.25, 0.3) is 0 Å². The van der Waals surface area contributed by atoms with Crippen LogP contribution < -0.4 is 20.1 Å². The van der Waals surface area contributed by atoms with Crippen LogP contribution in [0.15, 0.2) is 77.9 Å². The molecule has 6 nitrogen and oxygen atoms in total. The maximum absolute atomic E-state index is 5.75. The average molecular weight is 390 g/mol. The lowest BCUT2D eigenvalue weighted by atomic mass is 10.1. The van der Waals surface area contributed by atoms with Gasteiger partial charge in [-0.15, -0.1) is 0 Å². The van der Waals surface area contributed by atoms with Gasteiger partial charge in [0.25, 0.3) is 0 Å². The Morgan fingerprint density at radius 1 is 0.897 bits per heavy atom. The van der Waals surface area contributed by atoms with Gasteiger partial charge in [0.1, 0.15) is 11.5 Å². The zero-order valence-electron chi connectivity index (χ0n) is 16.8. The number of aliphatic imine (C=N–C) groups is 1. The molecule has 29 heavy (non-hydrogen) atoms. The van der Waals surface area contributed by atoms with Crippen LogP contribution in [0.3, 0.4) is 0 Å². The van der Waals surface area contributed by atoms with E-state index < -0.39 is 0 Å². The van der Waals surface area contributed by atoms with Gasteiger partial charge in [-0.1, -0.05) is 36.4 Å². The molecule has 0 saturated carbocycles. The van der Waals surface area contributed by atoms with Gasteiger partial charge in [-0.2, -0.15) is 0 Å². The second kappa shape index (κ2) is 10.7. The molecule has 0 spiro atoms. The van der Waals surface area contributed by atoms with Gasteiger partial charge in [-0.25, -0.2) is 4.98 Å². The van der Waals surface area contributed by atoms with Crippen molar-refractivity contribution in [1.29, 1.82) is 0 Å². The van der Waals surface area contributed by atoms with Gasteiger partial charge in [-0.05, 0) is 41.8 Å². The number of aromatic nitrogens is 1. The summed E-state index contributed by atoms with van der Waals surface area (Å²) in [5.41, 5.74) is 2.34. The Labute approximate surface area is 171 Å². The van der Waals surface area contributed by atoms with E-state index in [2.05, 4.69) is 44.9 Å². The Hall–Kier alpha value is -3.54. The lowest BCUT2D eigenvalue weighted by Gasteiger charge is -2.12. The van der Waals surface area contributed by atoms with E-state index in [4.69, 9.17) is 9.47 Å². The molecule has 0 aliphatic heterocycles. The second-order valence-electron chi connectivity index (χ2n) is 6.37. The summed E-state index contributed by atoms with van der Waals surface area (Å²) in [5, 5.41) is 6.62. The highest BCUT2D eigenvalue weighted by atomic mass is 16.5. The lowest BCUT2D eigenvalue weighted by Crippen LogP contribution is -2.37. The van der Waals surface area contributed by atoms with Crippen molar-refractivity contribution in [1.82, 2.24) is 15.6 Å². The largest absolute Gasteiger partial charge is 0.497 e. The molecule has 0 unspecified atom stereocenters. The van der Waals surface area contributed by atoms with Crippen molar-refractivity contribution >= 4 is 5.96 Å². The van der Waals surface area contributed by atoms with E-state index in [1.807, 2.05) is 42.5 Å².